The van der Waals surface area contributed by atoms with Crippen molar-refractivity contribution < 1.29 is 8.42 Å². The van der Waals surface area contributed by atoms with Crippen LogP contribution in [0.4, 0.5) is 5.69 Å². The molecular formula is C10H11N3O2S. The van der Waals surface area contributed by atoms with Gasteiger partial charge in [0.25, 0.3) is 0 Å². The van der Waals surface area contributed by atoms with E-state index in [4.69, 9.17) is 5.73 Å². The Morgan fingerprint density at radius 1 is 1.31 bits per heavy atom. The zero-order valence-electron chi connectivity index (χ0n) is 8.66. The Kier molecular flexibility index (Phi) is 2.43. The molecule has 6 heteroatoms. The van der Waals surface area contributed by atoms with Crippen molar-refractivity contribution in [2.45, 2.75) is 4.90 Å². The van der Waals surface area contributed by atoms with Crippen LogP contribution in [0.5, 0.6) is 0 Å². The molecule has 2 N–H and O–H groups in total. The van der Waals surface area contributed by atoms with E-state index in [0.717, 1.165) is 6.26 Å². The minimum atomic E-state index is -3.23. The zero-order chi connectivity index (χ0) is 11.8. The van der Waals surface area contributed by atoms with Gasteiger partial charge in [-0.15, -0.1) is 0 Å². The number of benzene rings is 1. The van der Waals surface area contributed by atoms with Crippen molar-refractivity contribution in [3.63, 3.8) is 0 Å². The van der Waals surface area contributed by atoms with Crippen LogP contribution in [0.15, 0.2) is 41.6 Å². The van der Waals surface area contributed by atoms with Gasteiger partial charge in [0.2, 0.25) is 0 Å². The lowest BCUT2D eigenvalue weighted by molar-refractivity contribution is 0.602. The molecule has 0 aliphatic carbocycles. The van der Waals surface area contributed by atoms with Crippen molar-refractivity contribution in [2.24, 2.45) is 0 Å². The third-order valence-corrected chi connectivity index (χ3v) is 3.24. The fraction of sp³-hybridized carbons (Fsp3) is 0.100. The summed E-state index contributed by atoms with van der Waals surface area (Å²) >= 11 is 0. The second-order valence-corrected chi connectivity index (χ2v) is 5.47. The van der Waals surface area contributed by atoms with E-state index in [0.29, 0.717) is 11.4 Å². The molecule has 0 spiro atoms. The molecule has 0 saturated heterocycles. The van der Waals surface area contributed by atoms with Crippen molar-refractivity contribution >= 4 is 15.5 Å². The number of nitrogens with two attached hydrogens (primary N) is 1. The molecule has 1 heterocycles. The Morgan fingerprint density at radius 3 is 2.56 bits per heavy atom. The van der Waals surface area contributed by atoms with Gasteiger partial charge in [0.15, 0.2) is 9.84 Å². The second kappa shape index (κ2) is 3.64. The summed E-state index contributed by atoms with van der Waals surface area (Å²) in [5.74, 6) is 0. The molecule has 0 amide bonds. The molecule has 2 aromatic rings. The first-order valence-electron chi connectivity index (χ1n) is 4.58. The molecule has 2 rings (SSSR count). The number of nitrogens with zero attached hydrogens (tertiary/aromatic N) is 2. The quantitative estimate of drug-likeness (QED) is 0.786. The number of sulfone groups is 1. The minimum absolute atomic E-state index is 0.177. The molecule has 0 fully saturated rings. The molecule has 84 valence electrons. The molecule has 0 atom stereocenters. The van der Waals surface area contributed by atoms with Gasteiger partial charge in [0.05, 0.1) is 17.6 Å². The molecule has 0 unspecified atom stereocenters. The maximum Gasteiger partial charge on any atom is 0.178 e. The summed E-state index contributed by atoms with van der Waals surface area (Å²) < 4.78 is 24.0. The molecule has 1 aromatic heterocycles. The third kappa shape index (κ3) is 1.92. The summed E-state index contributed by atoms with van der Waals surface area (Å²) in [6.07, 6.45) is 3.89. The lowest BCUT2D eigenvalue weighted by atomic mass is 10.3. The number of para-hydroxylation sites is 2. The summed E-state index contributed by atoms with van der Waals surface area (Å²) in [7, 11) is -3.23. The highest BCUT2D eigenvalue weighted by atomic mass is 32.2. The molecule has 0 radical (unpaired) electrons. The van der Waals surface area contributed by atoms with Crippen LogP contribution in [-0.2, 0) is 9.84 Å². The van der Waals surface area contributed by atoms with Crippen LogP contribution in [-0.4, -0.2) is 24.5 Å². The molecular weight excluding hydrogens is 226 g/mol. The van der Waals surface area contributed by atoms with E-state index in [9.17, 15) is 8.42 Å². The van der Waals surface area contributed by atoms with Gasteiger partial charge in [-0.3, -0.25) is 0 Å². The van der Waals surface area contributed by atoms with Crippen LogP contribution in [0.2, 0.25) is 0 Å². The third-order valence-electron chi connectivity index (χ3n) is 2.17. The van der Waals surface area contributed by atoms with Gasteiger partial charge in [-0.2, -0.15) is 5.10 Å². The van der Waals surface area contributed by atoms with Crippen LogP contribution >= 0.6 is 0 Å². The van der Waals surface area contributed by atoms with Crippen LogP contribution in [0, 0.1) is 0 Å². The van der Waals surface area contributed by atoms with Gasteiger partial charge in [0, 0.05) is 12.5 Å². The maximum absolute atomic E-state index is 11.3. The largest absolute Gasteiger partial charge is 0.397 e. The van der Waals surface area contributed by atoms with E-state index in [1.54, 1.807) is 18.2 Å². The van der Waals surface area contributed by atoms with E-state index in [2.05, 4.69) is 5.10 Å². The zero-order valence-corrected chi connectivity index (χ0v) is 9.48. The summed E-state index contributed by atoms with van der Waals surface area (Å²) in [5, 5.41) is 3.97. The van der Waals surface area contributed by atoms with Crippen LogP contribution < -0.4 is 5.73 Å². The van der Waals surface area contributed by atoms with E-state index in [1.165, 1.54) is 17.1 Å². The van der Waals surface area contributed by atoms with Crippen LogP contribution in [0.1, 0.15) is 0 Å². The fourth-order valence-corrected chi connectivity index (χ4v) is 1.86. The van der Waals surface area contributed by atoms with Crippen molar-refractivity contribution in [1.29, 1.82) is 0 Å². The standard InChI is InChI=1S/C10H11N3O2S/c1-16(14,15)8-6-12-13(7-8)10-5-3-2-4-9(10)11/h2-7H,11H2,1H3. The number of rotatable bonds is 2. The van der Waals surface area contributed by atoms with Crippen LogP contribution in [0.25, 0.3) is 5.69 Å². The van der Waals surface area contributed by atoms with Crippen molar-refractivity contribution in [3.05, 3.63) is 36.7 Å². The summed E-state index contributed by atoms with van der Waals surface area (Å²) in [5.41, 5.74) is 6.97. The predicted molar refractivity (Wildman–Crippen MR) is 61.1 cm³/mol. The number of nitrogen functional groups attached to an aromatic ring is 1. The van der Waals surface area contributed by atoms with Crippen molar-refractivity contribution in [2.75, 3.05) is 12.0 Å². The Hall–Kier alpha value is -1.82. The smallest absolute Gasteiger partial charge is 0.178 e. The normalized spacial score (nSPS) is 11.6. The highest BCUT2D eigenvalue weighted by Gasteiger charge is 2.11. The number of hydrogen-bond acceptors (Lipinski definition) is 4. The average molecular weight is 237 g/mol. The topological polar surface area (TPSA) is 78.0 Å². The number of hydrogen-bond donors (Lipinski definition) is 1. The highest BCUT2D eigenvalue weighted by molar-refractivity contribution is 7.90. The Bertz CT molecular complexity index is 616. The van der Waals surface area contributed by atoms with Crippen molar-refractivity contribution in [1.82, 2.24) is 9.78 Å². The molecule has 0 bridgehead atoms. The van der Waals surface area contributed by atoms with E-state index in [-0.39, 0.29) is 4.90 Å². The monoisotopic (exact) mass is 237 g/mol. The Morgan fingerprint density at radius 2 is 2.00 bits per heavy atom. The lowest BCUT2D eigenvalue weighted by Crippen LogP contribution is -2.00. The Balaban J connectivity index is 2.52. The number of anilines is 1. The minimum Gasteiger partial charge on any atom is -0.397 e. The fourth-order valence-electron chi connectivity index (χ4n) is 1.33. The van der Waals surface area contributed by atoms with Gasteiger partial charge in [0.1, 0.15) is 4.90 Å². The second-order valence-electron chi connectivity index (χ2n) is 3.45. The molecule has 16 heavy (non-hydrogen) atoms. The summed E-state index contributed by atoms with van der Waals surface area (Å²) in [6.45, 7) is 0. The first kappa shape index (κ1) is 10.7. The van der Waals surface area contributed by atoms with Crippen molar-refractivity contribution in [3.8, 4) is 5.69 Å². The first-order valence-corrected chi connectivity index (χ1v) is 6.47. The molecule has 0 aliphatic rings. The molecule has 0 aliphatic heterocycles. The summed E-state index contributed by atoms with van der Waals surface area (Å²) in [4.78, 5) is 0.177. The SMILES string of the molecule is CS(=O)(=O)c1cnn(-c2ccccc2N)c1. The summed E-state index contributed by atoms with van der Waals surface area (Å²) in [6, 6.07) is 7.12. The molecule has 1 aromatic carbocycles. The van der Waals surface area contributed by atoms with Gasteiger partial charge in [-0.1, -0.05) is 12.1 Å². The molecule has 0 saturated carbocycles. The first-order chi connectivity index (χ1) is 7.48. The number of aromatic nitrogens is 2. The van der Waals surface area contributed by atoms with E-state index in [1.807, 2.05) is 6.07 Å². The Labute approximate surface area is 93.4 Å². The highest BCUT2D eigenvalue weighted by Crippen LogP contribution is 2.17. The average Bonchev–Trinajstić information content (AvgIpc) is 2.66. The molecule has 5 nitrogen and oxygen atoms in total. The van der Waals surface area contributed by atoms with Gasteiger partial charge in [-0.05, 0) is 12.1 Å². The van der Waals surface area contributed by atoms with Gasteiger partial charge >= 0.3 is 0 Å². The predicted octanol–water partition coefficient (Wildman–Crippen LogP) is 0.858. The van der Waals surface area contributed by atoms with Gasteiger partial charge < -0.3 is 5.73 Å². The van der Waals surface area contributed by atoms with Crippen LogP contribution in [0.3, 0.4) is 0 Å². The maximum atomic E-state index is 11.3. The van der Waals surface area contributed by atoms with E-state index < -0.39 is 9.84 Å². The van der Waals surface area contributed by atoms with Gasteiger partial charge in [-0.25, -0.2) is 13.1 Å². The lowest BCUT2D eigenvalue weighted by Gasteiger charge is -2.03. The van der Waals surface area contributed by atoms with E-state index >= 15 is 0 Å².